The molecule has 0 aliphatic carbocycles. The molecule has 154 valence electrons. The monoisotopic (exact) mass is 410 g/mol. The second-order valence-electron chi connectivity index (χ2n) is 6.97. The molecule has 1 N–H and O–H groups in total. The van der Waals surface area contributed by atoms with Crippen LogP contribution in [-0.4, -0.2) is 24.1 Å². The summed E-state index contributed by atoms with van der Waals surface area (Å²) >= 11 is 0. The maximum absolute atomic E-state index is 13.9. The Morgan fingerprint density at radius 2 is 1.73 bits per heavy atom. The van der Waals surface area contributed by atoms with Crippen molar-refractivity contribution in [2.24, 2.45) is 0 Å². The van der Waals surface area contributed by atoms with Gasteiger partial charge in [0.2, 0.25) is 0 Å². The number of anilines is 1. The molecule has 0 bridgehead atoms. The van der Waals surface area contributed by atoms with Gasteiger partial charge in [0.15, 0.2) is 23.1 Å². The first-order valence-corrected chi connectivity index (χ1v) is 9.61. The summed E-state index contributed by atoms with van der Waals surface area (Å²) in [4.78, 5) is 15.8. The predicted molar refractivity (Wildman–Crippen MR) is 109 cm³/mol. The third kappa shape index (κ3) is 3.70. The van der Waals surface area contributed by atoms with Crippen LogP contribution >= 0.6 is 0 Å². The van der Waals surface area contributed by atoms with Crippen molar-refractivity contribution in [2.75, 3.05) is 18.5 Å². The van der Waals surface area contributed by atoms with Crippen molar-refractivity contribution in [3.05, 3.63) is 71.1 Å². The SMILES string of the molecule is CCc1cc(-c2cc3c(cc2C)OCCO3)ccc1NC(=O)c1c(F)cncc1F. The highest BCUT2D eigenvalue weighted by molar-refractivity contribution is 6.05. The van der Waals surface area contributed by atoms with Crippen molar-refractivity contribution < 1.29 is 23.0 Å². The van der Waals surface area contributed by atoms with E-state index in [-0.39, 0.29) is 0 Å². The number of carbonyl (C=O) groups excluding carboxylic acids is 1. The molecule has 30 heavy (non-hydrogen) atoms. The maximum atomic E-state index is 13.9. The highest BCUT2D eigenvalue weighted by Crippen LogP contribution is 2.38. The number of amides is 1. The molecular weight excluding hydrogens is 390 g/mol. The fourth-order valence-corrected chi connectivity index (χ4v) is 3.49. The number of nitrogens with zero attached hydrogens (tertiary/aromatic N) is 1. The van der Waals surface area contributed by atoms with E-state index in [9.17, 15) is 13.6 Å². The molecular formula is C23H20F2N2O3. The predicted octanol–water partition coefficient (Wildman–Crippen LogP) is 4.92. The van der Waals surface area contributed by atoms with Crippen molar-refractivity contribution in [2.45, 2.75) is 20.3 Å². The molecule has 0 fully saturated rings. The molecule has 2 aromatic carbocycles. The molecule has 1 aromatic heterocycles. The van der Waals surface area contributed by atoms with Gasteiger partial charge in [-0.1, -0.05) is 13.0 Å². The quantitative estimate of drug-likeness (QED) is 0.663. The van der Waals surface area contributed by atoms with Gasteiger partial charge in [-0.2, -0.15) is 0 Å². The minimum atomic E-state index is -1.01. The van der Waals surface area contributed by atoms with E-state index in [2.05, 4.69) is 10.3 Å². The number of carbonyl (C=O) groups is 1. The van der Waals surface area contributed by atoms with Crippen LogP contribution in [0.1, 0.15) is 28.4 Å². The van der Waals surface area contributed by atoms with Crippen LogP contribution < -0.4 is 14.8 Å². The zero-order valence-corrected chi connectivity index (χ0v) is 16.6. The lowest BCUT2D eigenvalue weighted by molar-refractivity contribution is 0.101. The average molecular weight is 410 g/mol. The number of halogens is 2. The fourth-order valence-electron chi connectivity index (χ4n) is 3.49. The Labute approximate surface area is 172 Å². The first-order valence-electron chi connectivity index (χ1n) is 9.61. The van der Waals surface area contributed by atoms with E-state index in [1.165, 1.54) is 0 Å². The van der Waals surface area contributed by atoms with Gasteiger partial charge in [-0.15, -0.1) is 0 Å². The van der Waals surface area contributed by atoms with Crippen molar-refractivity contribution in [3.63, 3.8) is 0 Å². The fraction of sp³-hybridized carbons (Fsp3) is 0.217. The molecule has 1 aliphatic rings. The van der Waals surface area contributed by atoms with E-state index in [1.807, 2.05) is 38.1 Å². The number of hydrogen-bond acceptors (Lipinski definition) is 4. The largest absolute Gasteiger partial charge is 0.486 e. The Hall–Kier alpha value is -3.48. The molecule has 0 spiro atoms. The zero-order valence-electron chi connectivity index (χ0n) is 16.6. The number of hydrogen-bond donors (Lipinski definition) is 1. The molecule has 0 saturated heterocycles. The number of rotatable bonds is 4. The zero-order chi connectivity index (χ0) is 21.3. The second kappa shape index (κ2) is 8.10. The molecule has 2 heterocycles. The van der Waals surface area contributed by atoms with Crippen LogP contribution in [-0.2, 0) is 6.42 Å². The normalized spacial score (nSPS) is 12.5. The van der Waals surface area contributed by atoms with Crippen LogP contribution in [0.4, 0.5) is 14.5 Å². The minimum Gasteiger partial charge on any atom is -0.486 e. The molecule has 0 saturated carbocycles. The number of aromatic nitrogens is 1. The van der Waals surface area contributed by atoms with Gasteiger partial charge in [0, 0.05) is 5.69 Å². The summed E-state index contributed by atoms with van der Waals surface area (Å²) in [6, 6.07) is 9.43. The lowest BCUT2D eigenvalue weighted by Gasteiger charge is -2.21. The first kappa shape index (κ1) is 19.8. The van der Waals surface area contributed by atoms with Crippen LogP contribution in [0.2, 0.25) is 0 Å². The molecule has 0 unspecified atom stereocenters. The van der Waals surface area contributed by atoms with Crippen LogP contribution in [0.5, 0.6) is 11.5 Å². The molecule has 1 aliphatic heterocycles. The second-order valence-corrected chi connectivity index (χ2v) is 6.97. The standard InChI is InChI=1S/C23H20F2N2O3/c1-3-14-9-15(16-10-21-20(8-13(16)2)29-6-7-30-21)4-5-19(14)27-23(28)22-17(24)11-26-12-18(22)25/h4-5,8-12H,3,6-7H2,1-2H3,(H,27,28). The summed E-state index contributed by atoms with van der Waals surface area (Å²) in [5.74, 6) is -1.45. The Balaban J connectivity index is 1.66. The van der Waals surface area contributed by atoms with E-state index in [0.29, 0.717) is 31.1 Å². The van der Waals surface area contributed by atoms with Gasteiger partial charge in [-0.3, -0.25) is 9.78 Å². The van der Waals surface area contributed by atoms with Crippen molar-refractivity contribution in [1.82, 2.24) is 4.98 Å². The van der Waals surface area contributed by atoms with Crippen LogP contribution in [0.3, 0.4) is 0 Å². The molecule has 0 radical (unpaired) electrons. The van der Waals surface area contributed by atoms with E-state index in [0.717, 1.165) is 40.4 Å². The summed E-state index contributed by atoms with van der Waals surface area (Å²) in [6.45, 7) is 4.96. The number of ether oxygens (including phenoxy) is 2. The lowest BCUT2D eigenvalue weighted by atomic mass is 9.96. The van der Waals surface area contributed by atoms with Gasteiger partial charge in [0.05, 0.1) is 12.4 Å². The van der Waals surface area contributed by atoms with Crippen LogP contribution in [0.25, 0.3) is 11.1 Å². The third-order valence-corrected chi connectivity index (χ3v) is 5.02. The third-order valence-electron chi connectivity index (χ3n) is 5.02. The van der Waals surface area contributed by atoms with E-state index in [4.69, 9.17) is 9.47 Å². The molecule has 0 atom stereocenters. The average Bonchev–Trinajstić information content (AvgIpc) is 2.73. The summed E-state index contributed by atoms with van der Waals surface area (Å²) < 4.78 is 39.0. The molecule has 5 nitrogen and oxygen atoms in total. The highest BCUT2D eigenvalue weighted by atomic mass is 19.1. The Kier molecular flexibility index (Phi) is 5.35. The molecule has 3 aromatic rings. The van der Waals surface area contributed by atoms with E-state index in [1.54, 1.807) is 6.07 Å². The summed E-state index contributed by atoms with van der Waals surface area (Å²) in [7, 11) is 0. The highest BCUT2D eigenvalue weighted by Gasteiger charge is 2.20. The first-order chi connectivity index (χ1) is 14.5. The van der Waals surface area contributed by atoms with Gasteiger partial charge >= 0.3 is 0 Å². The Morgan fingerprint density at radius 3 is 2.40 bits per heavy atom. The molecule has 4 rings (SSSR count). The number of aryl methyl sites for hydroxylation is 2. The number of benzene rings is 2. The number of pyridine rings is 1. The number of nitrogens with one attached hydrogen (secondary N) is 1. The van der Waals surface area contributed by atoms with Crippen LogP contribution in [0.15, 0.2) is 42.7 Å². The number of fused-ring (bicyclic) bond motifs is 1. The molecule has 7 heteroatoms. The molecule has 1 amide bonds. The van der Waals surface area contributed by atoms with Gasteiger partial charge in [-0.25, -0.2) is 8.78 Å². The summed E-state index contributed by atoms with van der Waals surface area (Å²) in [5.41, 5.74) is 3.64. The van der Waals surface area contributed by atoms with Crippen molar-refractivity contribution >= 4 is 11.6 Å². The van der Waals surface area contributed by atoms with Crippen molar-refractivity contribution in [1.29, 1.82) is 0 Å². The van der Waals surface area contributed by atoms with Gasteiger partial charge < -0.3 is 14.8 Å². The maximum Gasteiger partial charge on any atom is 0.261 e. The van der Waals surface area contributed by atoms with E-state index < -0.39 is 23.1 Å². The summed E-state index contributed by atoms with van der Waals surface area (Å²) in [5, 5.41) is 2.61. The lowest BCUT2D eigenvalue weighted by Crippen LogP contribution is -2.17. The summed E-state index contributed by atoms with van der Waals surface area (Å²) in [6.07, 6.45) is 2.24. The smallest absolute Gasteiger partial charge is 0.261 e. The van der Waals surface area contributed by atoms with E-state index >= 15 is 0 Å². The van der Waals surface area contributed by atoms with Gasteiger partial charge in [0.1, 0.15) is 18.8 Å². The Morgan fingerprint density at radius 1 is 1.07 bits per heavy atom. The van der Waals surface area contributed by atoms with Gasteiger partial charge in [-0.05, 0) is 59.9 Å². The van der Waals surface area contributed by atoms with Crippen molar-refractivity contribution in [3.8, 4) is 22.6 Å². The Bertz CT molecular complexity index is 1110. The van der Waals surface area contributed by atoms with Crippen LogP contribution in [0, 0.1) is 18.6 Å². The van der Waals surface area contributed by atoms with Gasteiger partial charge in [0.25, 0.3) is 5.91 Å². The topological polar surface area (TPSA) is 60.5 Å². The minimum absolute atomic E-state index is 0.497.